The molecule has 0 aromatic rings. The molecular formula is C10H21N3O. The third-order valence-corrected chi connectivity index (χ3v) is 3.09. The van der Waals surface area contributed by atoms with E-state index < -0.39 is 0 Å². The van der Waals surface area contributed by atoms with Crippen molar-refractivity contribution < 1.29 is 4.74 Å². The summed E-state index contributed by atoms with van der Waals surface area (Å²) >= 11 is 0. The van der Waals surface area contributed by atoms with Crippen LogP contribution in [0.5, 0.6) is 0 Å². The predicted molar refractivity (Wildman–Crippen MR) is 56.5 cm³/mol. The fourth-order valence-electron chi connectivity index (χ4n) is 2.16. The average Bonchev–Trinajstić information content (AvgIpc) is 2.23. The van der Waals surface area contributed by atoms with E-state index in [1.807, 2.05) is 0 Å². The normalized spacial score (nSPS) is 35.8. The molecule has 2 saturated heterocycles. The summed E-state index contributed by atoms with van der Waals surface area (Å²) in [6.07, 6.45) is 0. The van der Waals surface area contributed by atoms with Gasteiger partial charge in [0.05, 0.1) is 13.2 Å². The Hall–Kier alpha value is -0.160. The van der Waals surface area contributed by atoms with Gasteiger partial charge in [0, 0.05) is 44.8 Å². The molecular weight excluding hydrogens is 178 g/mol. The molecule has 14 heavy (non-hydrogen) atoms. The van der Waals surface area contributed by atoms with E-state index in [-0.39, 0.29) is 0 Å². The van der Waals surface area contributed by atoms with E-state index in [4.69, 9.17) is 4.74 Å². The summed E-state index contributed by atoms with van der Waals surface area (Å²) in [7, 11) is 0. The minimum Gasteiger partial charge on any atom is -0.379 e. The van der Waals surface area contributed by atoms with Gasteiger partial charge in [-0.25, -0.2) is 0 Å². The molecule has 2 heterocycles. The number of ether oxygens (including phenoxy) is 1. The predicted octanol–water partition coefficient (Wildman–Crippen LogP) is -0.731. The smallest absolute Gasteiger partial charge is 0.0619 e. The molecule has 0 unspecified atom stereocenters. The largest absolute Gasteiger partial charge is 0.379 e. The van der Waals surface area contributed by atoms with Gasteiger partial charge in [0.1, 0.15) is 0 Å². The van der Waals surface area contributed by atoms with Crippen molar-refractivity contribution in [2.24, 2.45) is 0 Å². The minimum absolute atomic E-state index is 0.576. The second-order valence-electron chi connectivity index (χ2n) is 4.27. The van der Waals surface area contributed by atoms with E-state index in [0.717, 1.165) is 45.9 Å². The van der Waals surface area contributed by atoms with Crippen LogP contribution in [-0.4, -0.2) is 62.9 Å². The SMILES string of the molecule is C[C@H]1COCCN1C[C@H]1CNCCN1. The van der Waals surface area contributed by atoms with E-state index in [0.29, 0.717) is 12.1 Å². The first-order valence-corrected chi connectivity index (χ1v) is 5.62. The van der Waals surface area contributed by atoms with Gasteiger partial charge < -0.3 is 15.4 Å². The molecule has 0 amide bonds. The van der Waals surface area contributed by atoms with Crippen LogP contribution in [0.25, 0.3) is 0 Å². The van der Waals surface area contributed by atoms with E-state index >= 15 is 0 Å². The first-order chi connectivity index (χ1) is 6.86. The van der Waals surface area contributed by atoms with Crippen LogP contribution in [-0.2, 0) is 4.74 Å². The molecule has 2 aliphatic rings. The third-order valence-electron chi connectivity index (χ3n) is 3.09. The molecule has 0 spiro atoms. The summed E-state index contributed by atoms with van der Waals surface area (Å²) in [5.74, 6) is 0. The fraction of sp³-hybridized carbons (Fsp3) is 1.00. The lowest BCUT2D eigenvalue weighted by atomic mass is 10.2. The van der Waals surface area contributed by atoms with Gasteiger partial charge in [-0.1, -0.05) is 0 Å². The molecule has 4 heteroatoms. The molecule has 0 aromatic heterocycles. The van der Waals surface area contributed by atoms with Crippen molar-refractivity contribution in [3.8, 4) is 0 Å². The first kappa shape index (κ1) is 10.4. The second kappa shape index (κ2) is 5.07. The number of nitrogens with one attached hydrogen (secondary N) is 2. The van der Waals surface area contributed by atoms with Gasteiger partial charge in [0.2, 0.25) is 0 Å². The van der Waals surface area contributed by atoms with Gasteiger partial charge in [-0.05, 0) is 6.92 Å². The fourth-order valence-corrected chi connectivity index (χ4v) is 2.16. The van der Waals surface area contributed by atoms with Gasteiger partial charge in [-0.3, -0.25) is 4.90 Å². The Balaban J connectivity index is 1.76. The maximum absolute atomic E-state index is 5.42. The van der Waals surface area contributed by atoms with E-state index in [1.165, 1.54) is 0 Å². The summed E-state index contributed by atoms with van der Waals surface area (Å²) in [5.41, 5.74) is 0. The van der Waals surface area contributed by atoms with E-state index in [1.54, 1.807) is 0 Å². The third kappa shape index (κ3) is 2.67. The zero-order valence-corrected chi connectivity index (χ0v) is 8.96. The molecule has 2 fully saturated rings. The van der Waals surface area contributed by atoms with Gasteiger partial charge in [-0.2, -0.15) is 0 Å². The van der Waals surface area contributed by atoms with Crippen molar-refractivity contribution in [2.75, 3.05) is 45.9 Å². The molecule has 2 rings (SSSR count). The Labute approximate surface area is 86.0 Å². The highest BCUT2D eigenvalue weighted by Crippen LogP contribution is 2.06. The zero-order chi connectivity index (χ0) is 9.80. The number of piperazine rings is 1. The topological polar surface area (TPSA) is 36.5 Å². The lowest BCUT2D eigenvalue weighted by Gasteiger charge is -2.37. The number of hydrogen-bond donors (Lipinski definition) is 2. The van der Waals surface area contributed by atoms with Crippen LogP contribution in [0.2, 0.25) is 0 Å². The van der Waals surface area contributed by atoms with Crippen LogP contribution in [0.4, 0.5) is 0 Å². The highest BCUT2D eigenvalue weighted by Gasteiger charge is 2.22. The van der Waals surface area contributed by atoms with Crippen molar-refractivity contribution in [3.05, 3.63) is 0 Å². The van der Waals surface area contributed by atoms with Crippen molar-refractivity contribution in [3.63, 3.8) is 0 Å². The van der Waals surface area contributed by atoms with E-state index in [2.05, 4.69) is 22.5 Å². The van der Waals surface area contributed by atoms with Crippen molar-refractivity contribution >= 4 is 0 Å². The number of rotatable bonds is 2. The molecule has 2 aliphatic heterocycles. The molecule has 0 bridgehead atoms. The Morgan fingerprint density at radius 3 is 3.07 bits per heavy atom. The Morgan fingerprint density at radius 1 is 1.43 bits per heavy atom. The van der Waals surface area contributed by atoms with Crippen LogP contribution in [0.3, 0.4) is 0 Å². The van der Waals surface area contributed by atoms with Gasteiger partial charge in [0.15, 0.2) is 0 Å². The highest BCUT2D eigenvalue weighted by atomic mass is 16.5. The standard InChI is InChI=1S/C10H21N3O/c1-9-8-14-5-4-13(9)7-10-6-11-2-3-12-10/h9-12H,2-8H2,1H3/t9-,10+/m0/s1. The molecule has 0 aliphatic carbocycles. The second-order valence-corrected chi connectivity index (χ2v) is 4.27. The molecule has 0 saturated carbocycles. The van der Waals surface area contributed by atoms with Crippen molar-refractivity contribution in [2.45, 2.75) is 19.0 Å². The summed E-state index contributed by atoms with van der Waals surface area (Å²) in [6.45, 7) is 9.57. The van der Waals surface area contributed by atoms with Crippen molar-refractivity contribution in [1.82, 2.24) is 15.5 Å². The zero-order valence-electron chi connectivity index (χ0n) is 8.96. The van der Waals surface area contributed by atoms with Crippen LogP contribution in [0.1, 0.15) is 6.92 Å². The highest BCUT2D eigenvalue weighted by molar-refractivity contribution is 4.82. The van der Waals surface area contributed by atoms with Crippen LogP contribution < -0.4 is 10.6 Å². The Morgan fingerprint density at radius 2 is 2.36 bits per heavy atom. The molecule has 4 nitrogen and oxygen atoms in total. The summed E-state index contributed by atoms with van der Waals surface area (Å²) in [4.78, 5) is 2.52. The molecule has 2 N–H and O–H groups in total. The minimum atomic E-state index is 0.576. The van der Waals surface area contributed by atoms with Crippen molar-refractivity contribution in [1.29, 1.82) is 0 Å². The average molecular weight is 199 g/mol. The van der Waals surface area contributed by atoms with Gasteiger partial charge in [-0.15, -0.1) is 0 Å². The monoisotopic (exact) mass is 199 g/mol. The Kier molecular flexibility index (Phi) is 3.75. The maximum atomic E-state index is 5.42. The van der Waals surface area contributed by atoms with E-state index in [9.17, 15) is 0 Å². The molecule has 0 aromatic carbocycles. The van der Waals surface area contributed by atoms with Gasteiger partial charge >= 0.3 is 0 Å². The van der Waals surface area contributed by atoms with Crippen LogP contribution in [0.15, 0.2) is 0 Å². The maximum Gasteiger partial charge on any atom is 0.0619 e. The molecule has 2 atom stereocenters. The van der Waals surface area contributed by atoms with Crippen LogP contribution >= 0.6 is 0 Å². The first-order valence-electron chi connectivity index (χ1n) is 5.62. The summed E-state index contributed by atoms with van der Waals surface area (Å²) < 4.78 is 5.42. The number of morpholine rings is 1. The van der Waals surface area contributed by atoms with Gasteiger partial charge in [0.25, 0.3) is 0 Å². The molecule has 82 valence electrons. The Bertz CT molecular complexity index is 171. The quantitative estimate of drug-likeness (QED) is 0.615. The summed E-state index contributed by atoms with van der Waals surface area (Å²) in [6, 6.07) is 1.19. The number of nitrogens with zero attached hydrogens (tertiary/aromatic N) is 1. The summed E-state index contributed by atoms with van der Waals surface area (Å²) in [5, 5.41) is 6.96. The molecule has 0 radical (unpaired) electrons. The lowest BCUT2D eigenvalue weighted by Crippen LogP contribution is -2.56. The number of hydrogen-bond acceptors (Lipinski definition) is 4. The lowest BCUT2D eigenvalue weighted by molar-refractivity contribution is -0.00487. The van der Waals surface area contributed by atoms with Crippen LogP contribution in [0, 0.1) is 0 Å².